The molecular weight excluding hydrogens is 362 g/mol. The maximum absolute atomic E-state index is 5.80. The highest BCUT2D eigenvalue weighted by Gasteiger charge is 2.45. The summed E-state index contributed by atoms with van der Waals surface area (Å²) in [5, 5.41) is 0. The lowest BCUT2D eigenvalue weighted by Gasteiger charge is -2.28. The fourth-order valence-electron chi connectivity index (χ4n) is 0.811. The second-order valence-corrected chi connectivity index (χ2v) is 8.16. The Morgan fingerprint density at radius 1 is 0.923 bits per heavy atom. The zero-order chi connectivity index (χ0) is 10.1. The number of halogens is 5. The van der Waals surface area contributed by atoms with Gasteiger partial charge in [0.1, 0.15) is 0 Å². The van der Waals surface area contributed by atoms with Crippen LogP contribution in [0, 0.1) is 0 Å². The molecule has 0 radical (unpaired) electrons. The lowest BCUT2D eigenvalue weighted by atomic mass is 10.2. The highest BCUT2D eigenvalue weighted by molar-refractivity contribution is 9.25. The van der Waals surface area contributed by atoms with E-state index in [1.807, 2.05) is 30.3 Å². The zero-order valence-electron chi connectivity index (χ0n) is 6.28. The summed E-state index contributed by atoms with van der Waals surface area (Å²) < 4.78 is -2.30. The van der Waals surface area contributed by atoms with E-state index >= 15 is 0 Å². The highest BCUT2D eigenvalue weighted by Crippen LogP contribution is 2.55. The molecule has 72 valence electrons. The van der Waals surface area contributed by atoms with Crippen molar-refractivity contribution in [1.82, 2.24) is 0 Å². The van der Waals surface area contributed by atoms with E-state index in [0.717, 1.165) is 5.56 Å². The number of rotatable bonds is 1. The third-order valence-electron chi connectivity index (χ3n) is 1.49. The van der Waals surface area contributed by atoms with Gasteiger partial charge < -0.3 is 0 Å². The minimum atomic E-state index is -1.45. The average molecular weight is 367 g/mol. The van der Waals surface area contributed by atoms with Crippen molar-refractivity contribution in [3.8, 4) is 0 Å². The van der Waals surface area contributed by atoms with Gasteiger partial charge in [0, 0.05) is 0 Å². The molecule has 0 bridgehead atoms. The first kappa shape index (κ1) is 12.1. The summed E-state index contributed by atoms with van der Waals surface area (Å²) in [6, 6.07) is 9.39. The molecule has 0 aliphatic heterocycles. The first-order chi connectivity index (χ1) is 5.86. The number of alkyl halides is 5. The van der Waals surface area contributed by atoms with Crippen LogP contribution in [0.25, 0.3) is 0 Å². The van der Waals surface area contributed by atoms with E-state index < -0.39 is 7.03 Å². The molecule has 0 aliphatic carbocycles. The Kier molecular flexibility index (Phi) is 3.99. The van der Waals surface area contributed by atoms with E-state index in [9.17, 15) is 0 Å². The van der Waals surface area contributed by atoms with Crippen LogP contribution in [-0.4, -0.2) is 3.79 Å². The van der Waals surface area contributed by atoms with Gasteiger partial charge in [-0.2, -0.15) is 0 Å². The van der Waals surface area contributed by atoms with Crippen molar-refractivity contribution in [3.63, 3.8) is 0 Å². The molecule has 1 aromatic rings. The largest absolute Gasteiger partial charge is 0.219 e. The molecule has 0 nitrogen and oxygen atoms in total. The van der Waals surface area contributed by atoms with Gasteiger partial charge >= 0.3 is 0 Å². The molecule has 1 rings (SSSR count). The van der Waals surface area contributed by atoms with Crippen LogP contribution in [0.2, 0.25) is 0 Å². The highest BCUT2D eigenvalue weighted by atomic mass is 79.9. The smallest absolute Gasteiger partial charge is 0.0807 e. The second-order valence-electron chi connectivity index (χ2n) is 2.44. The van der Waals surface area contributed by atoms with Crippen LogP contribution in [0.1, 0.15) is 5.56 Å². The summed E-state index contributed by atoms with van der Waals surface area (Å²) in [5.41, 5.74) is 0.856. The molecule has 0 aromatic heterocycles. The molecule has 0 aliphatic rings. The standard InChI is InChI=1S/C8H5Br2Cl3/c9-7(10,8(11,12)13)6-4-2-1-3-5-6/h1-5H. The van der Waals surface area contributed by atoms with Gasteiger partial charge in [-0.3, -0.25) is 0 Å². The maximum atomic E-state index is 5.80. The molecule has 0 spiro atoms. The summed E-state index contributed by atoms with van der Waals surface area (Å²) in [6.07, 6.45) is 0. The lowest BCUT2D eigenvalue weighted by molar-refractivity contribution is 0.949. The van der Waals surface area contributed by atoms with Gasteiger partial charge in [0.15, 0.2) is 3.23 Å². The molecule has 1 aromatic carbocycles. The van der Waals surface area contributed by atoms with E-state index in [1.54, 1.807) is 0 Å². The Labute approximate surface area is 109 Å². The van der Waals surface area contributed by atoms with Gasteiger partial charge in [0.2, 0.25) is 3.79 Å². The summed E-state index contributed by atoms with van der Waals surface area (Å²) in [4.78, 5) is 0. The summed E-state index contributed by atoms with van der Waals surface area (Å²) in [7, 11) is 0. The zero-order valence-corrected chi connectivity index (χ0v) is 11.7. The average Bonchev–Trinajstić information content (AvgIpc) is 2.04. The summed E-state index contributed by atoms with van der Waals surface area (Å²) in [6.45, 7) is 0. The van der Waals surface area contributed by atoms with Crippen molar-refractivity contribution in [1.29, 1.82) is 0 Å². The van der Waals surface area contributed by atoms with Crippen LogP contribution >= 0.6 is 66.7 Å². The van der Waals surface area contributed by atoms with E-state index in [1.165, 1.54) is 0 Å². The number of hydrogen-bond acceptors (Lipinski definition) is 0. The third-order valence-corrected chi connectivity index (χ3v) is 5.82. The minimum Gasteiger partial charge on any atom is -0.0807 e. The molecule has 0 saturated heterocycles. The topological polar surface area (TPSA) is 0 Å². The molecule has 0 saturated carbocycles. The Morgan fingerprint density at radius 2 is 1.38 bits per heavy atom. The van der Waals surface area contributed by atoms with Crippen LogP contribution in [-0.2, 0) is 3.23 Å². The maximum Gasteiger partial charge on any atom is 0.219 e. The predicted molar refractivity (Wildman–Crippen MR) is 66.3 cm³/mol. The molecule has 0 fully saturated rings. The molecule has 0 amide bonds. The summed E-state index contributed by atoms with van der Waals surface area (Å²) in [5.74, 6) is 0. The molecular formula is C8H5Br2Cl3. The Bertz CT molecular complexity index is 279. The monoisotopic (exact) mass is 364 g/mol. The van der Waals surface area contributed by atoms with Gasteiger partial charge in [0.25, 0.3) is 0 Å². The lowest BCUT2D eigenvalue weighted by Crippen LogP contribution is -2.26. The van der Waals surface area contributed by atoms with Crippen LogP contribution < -0.4 is 0 Å². The normalized spacial score (nSPS) is 13.0. The van der Waals surface area contributed by atoms with Gasteiger partial charge in [-0.1, -0.05) is 97.0 Å². The van der Waals surface area contributed by atoms with Crippen LogP contribution in [0.3, 0.4) is 0 Å². The molecule has 0 unspecified atom stereocenters. The number of hydrogen-bond donors (Lipinski definition) is 0. The second kappa shape index (κ2) is 4.28. The molecule has 0 heterocycles. The first-order valence-electron chi connectivity index (χ1n) is 3.36. The molecule has 13 heavy (non-hydrogen) atoms. The van der Waals surface area contributed by atoms with E-state index in [2.05, 4.69) is 31.9 Å². The van der Waals surface area contributed by atoms with Gasteiger partial charge in [-0.05, 0) is 5.56 Å². The predicted octanol–water partition coefficient (Wildman–Crippen LogP) is 5.00. The van der Waals surface area contributed by atoms with E-state index in [4.69, 9.17) is 34.8 Å². The van der Waals surface area contributed by atoms with Crippen molar-refractivity contribution < 1.29 is 0 Å². The van der Waals surface area contributed by atoms with Crippen LogP contribution in [0.15, 0.2) is 30.3 Å². The van der Waals surface area contributed by atoms with E-state index in [-0.39, 0.29) is 0 Å². The van der Waals surface area contributed by atoms with Crippen LogP contribution in [0.4, 0.5) is 0 Å². The van der Waals surface area contributed by atoms with Crippen molar-refractivity contribution in [2.75, 3.05) is 0 Å². The molecule has 0 atom stereocenters. The van der Waals surface area contributed by atoms with Crippen molar-refractivity contribution in [2.24, 2.45) is 0 Å². The first-order valence-corrected chi connectivity index (χ1v) is 6.08. The van der Waals surface area contributed by atoms with Gasteiger partial charge in [-0.25, -0.2) is 0 Å². The van der Waals surface area contributed by atoms with E-state index in [0.29, 0.717) is 0 Å². The Balaban J connectivity index is 3.08. The van der Waals surface area contributed by atoms with Crippen LogP contribution in [0.5, 0.6) is 0 Å². The Morgan fingerprint density at radius 3 is 1.77 bits per heavy atom. The SMILES string of the molecule is ClC(Cl)(Cl)C(Br)(Br)c1ccccc1. The molecule has 0 N–H and O–H groups in total. The van der Waals surface area contributed by atoms with Crippen molar-refractivity contribution in [2.45, 2.75) is 7.03 Å². The third kappa shape index (κ3) is 2.75. The fourth-order valence-corrected chi connectivity index (χ4v) is 1.67. The van der Waals surface area contributed by atoms with Gasteiger partial charge in [-0.15, -0.1) is 0 Å². The quantitative estimate of drug-likeness (QED) is 0.613. The summed E-state index contributed by atoms with van der Waals surface area (Å²) >= 11 is 24.1. The minimum absolute atomic E-state index is 0.848. The van der Waals surface area contributed by atoms with Crippen molar-refractivity contribution >= 4 is 66.7 Å². The van der Waals surface area contributed by atoms with Gasteiger partial charge in [0.05, 0.1) is 0 Å². The molecule has 5 heteroatoms. The number of benzene rings is 1. The Hall–Kier alpha value is 1.05. The fraction of sp³-hybridized carbons (Fsp3) is 0.250. The van der Waals surface area contributed by atoms with Crippen molar-refractivity contribution in [3.05, 3.63) is 35.9 Å².